The Bertz CT molecular complexity index is 447. The predicted octanol–water partition coefficient (Wildman–Crippen LogP) is 2.86. The van der Waals surface area contributed by atoms with Crippen LogP contribution in [0.5, 0.6) is 5.75 Å². The molecule has 0 aromatic heterocycles. The number of hydrogen-bond donors (Lipinski definition) is 1. The molecule has 1 spiro atoms. The van der Waals surface area contributed by atoms with Gasteiger partial charge in [-0.2, -0.15) is 0 Å². The third kappa shape index (κ3) is 3.76. The van der Waals surface area contributed by atoms with Crippen molar-refractivity contribution >= 4 is 0 Å². The van der Waals surface area contributed by atoms with Gasteiger partial charge >= 0.3 is 0 Å². The van der Waals surface area contributed by atoms with Crippen molar-refractivity contribution in [1.29, 1.82) is 0 Å². The minimum absolute atomic E-state index is 0.257. The Morgan fingerprint density at radius 1 is 1.24 bits per heavy atom. The Hall–Kier alpha value is -1.10. The Morgan fingerprint density at radius 3 is 2.71 bits per heavy atom. The lowest BCUT2D eigenvalue weighted by molar-refractivity contribution is -0.179. The van der Waals surface area contributed by atoms with Gasteiger partial charge in [-0.3, -0.25) is 0 Å². The second-order valence-electron chi connectivity index (χ2n) is 5.84. The van der Waals surface area contributed by atoms with Crippen LogP contribution < -0.4 is 10.1 Å². The van der Waals surface area contributed by atoms with Crippen LogP contribution in [0, 0.1) is 0 Å². The lowest BCUT2D eigenvalue weighted by atomic mass is 9.90. The minimum Gasteiger partial charge on any atom is -0.494 e. The summed E-state index contributed by atoms with van der Waals surface area (Å²) < 4.78 is 17.1. The lowest BCUT2D eigenvalue weighted by Gasteiger charge is -2.35. The van der Waals surface area contributed by atoms with E-state index in [1.807, 2.05) is 13.0 Å². The first-order chi connectivity index (χ1) is 10.3. The largest absolute Gasteiger partial charge is 0.494 e. The van der Waals surface area contributed by atoms with Gasteiger partial charge in [0, 0.05) is 25.4 Å². The third-order valence-electron chi connectivity index (χ3n) is 4.37. The lowest BCUT2D eigenvalue weighted by Crippen LogP contribution is -2.41. The van der Waals surface area contributed by atoms with Crippen molar-refractivity contribution in [3.8, 4) is 5.75 Å². The van der Waals surface area contributed by atoms with Gasteiger partial charge in [-0.1, -0.05) is 12.1 Å². The smallest absolute Gasteiger partial charge is 0.168 e. The third-order valence-corrected chi connectivity index (χ3v) is 4.37. The average molecular weight is 291 g/mol. The average Bonchev–Trinajstić information content (AvgIpc) is 2.96. The van der Waals surface area contributed by atoms with Gasteiger partial charge in [0.25, 0.3) is 0 Å². The van der Waals surface area contributed by atoms with E-state index >= 15 is 0 Å². The van der Waals surface area contributed by atoms with Gasteiger partial charge < -0.3 is 19.5 Å². The molecule has 0 radical (unpaired) electrons. The van der Waals surface area contributed by atoms with E-state index < -0.39 is 0 Å². The van der Waals surface area contributed by atoms with Gasteiger partial charge in [0.1, 0.15) is 5.75 Å². The second kappa shape index (κ2) is 6.77. The standard InChI is InChI=1S/C17H25NO3/c1-2-19-16-5-3-4-14(12-16)13-18-15-6-8-17(9-7-15)20-10-11-21-17/h3-5,12,15,18H,2,6-11,13H2,1H3. The first-order valence-corrected chi connectivity index (χ1v) is 8.03. The van der Waals surface area contributed by atoms with E-state index in [-0.39, 0.29) is 5.79 Å². The highest BCUT2D eigenvalue weighted by Crippen LogP contribution is 2.35. The molecular weight excluding hydrogens is 266 g/mol. The number of benzene rings is 1. The molecule has 2 fully saturated rings. The SMILES string of the molecule is CCOc1cccc(CNC2CCC3(CC2)OCCO3)c1. The molecule has 1 aliphatic carbocycles. The van der Waals surface area contributed by atoms with Crippen LogP contribution in [0.3, 0.4) is 0 Å². The molecule has 4 nitrogen and oxygen atoms in total. The Labute approximate surface area is 126 Å². The van der Waals surface area contributed by atoms with Crippen LogP contribution in [0.1, 0.15) is 38.2 Å². The Kier molecular flexibility index (Phi) is 4.78. The van der Waals surface area contributed by atoms with Crippen LogP contribution in [0.4, 0.5) is 0 Å². The Balaban J connectivity index is 1.46. The van der Waals surface area contributed by atoms with E-state index in [4.69, 9.17) is 14.2 Å². The summed E-state index contributed by atoms with van der Waals surface area (Å²) in [5.74, 6) is 0.694. The summed E-state index contributed by atoms with van der Waals surface area (Å²) in [6, 6.07) is 8.87. The summed E-state index contributed by atoms with van der Waals surface area (Å²) >= 11 is 0. The van der Waals surface area contributed by atoms with Crippen molar-refractivity contribution in [3.05, 3.63) is 29.8 Å². The predicted molar refractivity (Wildman–Crippen MR) is 81.3 cm³/mol. The number of ether oxygens (including phenoxy) is 3. The molecule has 1 aromatic carbocycles. The zero-order valence-corrected chi connectivity index (χ0v) is 12.8. The molecule has 4 heteroatoms. The molecule has 0 bridgehead atoms. The summed E-state index contributed by atoms with van der Waals surface area (Å²) in [7, 11) is 0. The maximum absolute atomic E-state index is 5.77. The molecule has 2 aliphatic rings. The highest BCUT2D eigenvalue weighted by Gasteiger charge is 2.40. The molecule has 0 unspecified atom stereocenters. The molecule has 1 aromatic rings. The number of nitrogens with one attached hydrogen (secondary N) is 1. The molecule has 3 rings (SSSR count). The number of hydrogen-bond acceptors (Lipinski definition) is 4. The van der Waals surface area contributed by atoms with Gasteiger partial charge in [0.15, 0.2) is 5.79 Å². The van der Waals surface area contributed by atoms with Crippen molar-refractivity contribution in [2.75, 3.05) is 19.8 Å². The maximum Gasteiger partial charge on any atom is 0.168 e. The van der Waals surface area contributed by atoms with Gasteiger partial charge in [0.05, 0.1) is 19.8 Å². The van der Waals surface area contributed by atoms with Crippen molar-refractivity contribution in [2.45, 2.75) is 51.0 Å². The first-order valence-electron chi connectivity index (χ1n) is 8.03. The molecule has 116 valence electrons. The van der Waals surface area contributed by atoms with Crippen LogP contribution >= 0.6 is 0 Å². The minimum atomic E-state index is -0.257. The molecule has 0 atom stereocenters. The zero-order valence-electron chi connectivity index (χ0n) is 12.8. The van der Waals surface area contributed by atoms with Crippen LogP contribution in [-0.4, -0.2) is 31.6 Å². The normalized spacial score (nSPS) is 21.8. The molecular formula is C17H25NO3. The van der Waals surface area contributed by atoms with Crippen LogP contribution in [-0.2, 0) is 16.0 Å². The van der Waals surface area contributed by atoms with E-state index in [2.05, 4.69) is 23.5 Å². The summed E-state index contributed by atoms with van der Waals surface area (Å²) in [5, 5.41) is 3.65. The van der Waals surface area contributed by atoms with Gasteiger partial charge in [-0.25, -0.2) is 0 Å². The van der Waals surface area contributed by atoms with E-state index in [0.29, 0.717) is 12.6 Å². The molecule has 1 N–H and O–H groups in total. The molecule has 1 aliphatic heterocycles. The van der Waals surface area contributed by atoms with E-state index in [1.165, 1.54) is 5.56 Å². The van der Waals surface area contributed by atoms with Crippen LogP contribution in [0.25, 0.3) is 0 Å². The quantitative estimate of drug-likeness (QED) is 0.905. The van der Waals surface area contributed by atoms with Gasteiger partial charge in [-0.05, 0) is 37.5 Å². The van der Waals surface area contributed by atoms with Crippen LogP contribution in [0.2, 0.25) is 0 Å². The topological polar surface area (TPSA) is 39.7 Å². The maximum atomic E-state index is 5.77. The number of rotatable bonds is 5. The molecule has 1 saturated carbocycles. The van der Waals surface area contributed by atoms with Crippen molar-refractivity contribution in [1.82, 2.24) is 5.32 Å². The van der Waals surface area contributed by atoms with Crippen LogP contribution in [0.15, 0.2) is 24.3 Å². The highest BCUT2D eigenvalue weighted by atomic mass is 16.7. The van der Waals surface area contributed by atoms with E-state index in [0.717, 1.165) is 51.2 Å². The van der Waals surface area contributed by atoms with Gasteiger partial charge in [-0.15, -0.1) is 0 Å². The summed E-state index contributed by atoms with van der Waals surface area (Å²) in [5.41, 5.74) is 1.27. The van der Waals surface area contributed by atoms with E-state index in [1.54, 1.807) is 0 Å². The van der Waals surface area contributed by atoms with E-state index in [9.17, 15) is 0 Å². The Morgan fingerprint density at radius 2 is 2.00 bits per heavy atom. The first kappa shape index (κ1) is 14.8. The monoisotopic (exact) mass is 291 g/mol. The molecule has 21 heavy (non-hydrogen) atoms. The fraction of sp³-hybridized carbons (Fsp3) is 0.647. The molecule has 1 saturated heterocycles. The molecule has 0 amide bonds. The van der Waals surface area contributed by atoms with Crippen molar-refractivity contribution in [3.63, 3.8) is 0 Å². The van der Waals surface area contributed by atoms with Gasteiger partial charge in [0.2, 0.25) is 0 Å². The second-order valence-corrected chi connectivity index (χ2v) is 5.84. The highest BCUT2D eigenvalue weighted by molar-refractivity contribution is 5.28. The fourth-order valence-corrected chi connectivity index (χ4v) is 3.22. The summed E-state index contributed by atoms with van der Waals surface area (Å²) in [6.45, 7) is 5.11. The molecule has 1 heterocycles. The zero-order chi connectivity index (χ0) is 14.5. The fourth-order valence-electron chi connectivity index (χ4n) is 3.22. The summed E-state index contributed by atoms with van der Waals surface area (Å²) in [4.78, 5) is 0. The van der Waals surface area contributed by atoms with Crippen molar-refractivity contribution < 1.29 is 14.2 Å². The van der Waals surface area contributed by atoms with Crippen molar-refractivity contribution in [2.24, 2.45) is 0 Å². The summed E-state index contributed by atoms with van der Waals surface area (Å²) in [6.07, 6.45) is 4.24.